The summed E-state index contributed by atoms with van der Waals surface area (Å²) >= 11 is 3.32. The number of thiazole rings is 1. The molecule has 1 unspecified atom stereocenters. The Kier molecular flexibility index (Phi) is 4.96. The van der Waals surface area contributed by atoms with E-state index in [1.165, 1.54) is 21.8 Å². The van der Waals surface area contributed by atoms with Crippen molar-refractivity contribution >= 4 is 28.6 Å². The monoisotopic (exact) mass is 417 g/mol. The van der Waals surface area contributed by atoms with Crippen LogP contribution in [0.3, 0.4) is 0 Å². The minimum absolute atomic E-state index is 0.0207. The van der Waals surface area contributed by atoms with E-state index in [2.05, 4.69) is 33.5 Å². The second-order valence-corrected chi connectivity index (χ2v) is 8.84. The fourth-order valence-corrected chi connectivity index (χ4v) is 5.53. The van der Waals surface area contributed by atoms with Gasteiger partial charge in [-0.05, 0) is 41.1 Å². The van der Waals surface area contributed by atoms with Crippen molar-refractivity contribution in [3.05, 3.63) is 93.3 Å². The van der Waals surface area contributed by atoms with Crippen molar-refractivity contribution in [3.63, 3.8) is 0 Å². The second kappa shape index (κ2) is 7.89. The Balaban J connectivity index is 1.41. The van der Waals surface area contributed by atoms with Crippen LogP contribution in [0.5, 0.6) is 0 Å². The zero-order valence-electron chi connectivity index (χ0n) is 15.7. The zero-order valence-corrected chi connectivity index (χ0v) is 17.3. The molecule has 0 spiro atoms. The van der Waals surface area contributed by atoms with E-state index in [0.29, 0.717) is 6.42 Å². The Morgan fingerprint density at radius 2 is 1.93 bits per heavy atom. The lowest BCUT2D eigenvalue weighted by atomic mass is 9.93. The molecule has 0 N–H and O–H groups in total. The molecule has 0 fully saturated rings. The lowest BCUT2D eigenvalue weighted by Crippen LogP contribution is -2.40. The molecule has 144 valence electrons. The third-order valence-electron chi connectivity index (χ3n) is 5.17. The highest BCUT2D eigenvalue weighted by atomic mass is 32.1. The van der Waals surface area contributed by atoms with Gasteiger partial charge in [-0.1, -0.05) is 36.4 Å². The average Bonchev–Trinajstić information content (AvgIpc) is 3.43. The highest BCUT2D eigenvalue weighted by molar-refractivity contribution is 7.13. The molecule has 29 heavy (non-hydrogen) atoms. The highest BCUT2D eigenvalue weighted by Gasteiger charge is 2.32. The minimum atomic E-state index is -0.0207. The molecule has 3 aromatic heterocycles. The highest BCUT2D eigenvalue weighted by Crippen LogP contribution is 2.38. The molecule has 4 nitrogen and oxygen atoms in total. The third-order valence-corrected chi connectivity index (χ3v) is 7.08. The van der Waals surface area contributed by atoms with Crippen LogP contribution in [0, 0.1) is 0 Å². The van der Waals surface area contributed by atoms with Crippen LogP contribution in [0.15, 0.2) is 71.6 Å². The van der Waals surface area contributed by atoms with Gasteiger partial charge in [0.1, 0.15) is 5.01 Å². The predicted molar refractivity (Wildman–Crippen MR) is 117 cm³/mol. The summed E-state index contributed by atoms with van der Waals surface area (Å²) in [6.07, 6.45) is 2.99. The van der Waals surface area contributed by atoms with Crippen LogP contribution in [-0.4, -0.2) is 27.3 Å². The van der Waals surface area contributed by atoms with Crippen LogP contribution in [0.2, 0.25) is 0 Å². The number of aromatic nitrogens is 2. The zero-order chi connectivity index (χ0) is 19.6. The average molecular weight is 418 g/mol. The number of hydrogen-bond donors (Lipinski definition) is 0. The molecule has 0 radical (unpaired) electrons. The molecular formula is C23H19N3OS2. The van der Waals surface area contributed by atoms with Gasteiger partial charge in [0.2, 0.25) is 5.91 Å². The standard InChI is InChI=1S/C23H19N3OS2/c27-21(14-17-15-29-23(25-17)19-8-4-5-11-24-19)26-12-9-20-18(10-13-28-20)22(26)16-6-2-1-3-7-16/h1-8,10-11,13,15,22H,9,12,14H2. The number of fused-ring (bicyclic) bond motifs is 1. The van der Waals surface area contributed by atoms with E-state index in [1.807, 2.05) is 46.7 Å². The molecule has 1 atom stereocenters. The lowest BCUT2D eigenvalue weighted by molar-refractivity contribution is -0.132. The van der Waals surface area contributed by atoms with Gasteiger partial charge in [0.05, 0.1) is 23.9 Å². The molecule has 1 aliphatic heterocycles. The van der Waals surface area contributed by atoms with Crippen LogP contribution >= 0.6 is 22.7 Å². The molecule has 4 aromatic rings. The van der Waals surface area contributed by atoms with Crippen molar-refractivity contribution in [3.8, 4) is 10.7 Å². The van der Waals surface area contributed by atoms with Gasteiger partial charge in [0, 0.05) is 23.0 Å². The first-order chi connectivity index (χ1) is 14.3. The second-order valence-electron chi connectivity index (χ2n) is 6.99. The van der Waals surface area contributed by atoms with Gasteiger partial charge in [-0.2, -0.15) is 0 Å². The fourth-order valence-electron chi connectivity index (χ4n) is 3.83. The van der Waals surface area contributed by atoms with Gasteiger partial charge < -0.3 is 4.90 Å². The predicted octanol–water partition coefficient (Wildman–Crippen LogP) is 4.98. The molecule has 0 saturated carbocycles. The molecule has 0 bridgehead atoms. The van der Waals surface area contributed by atoms with Gasteiger partial charge in [-0.3, -0.25) is 9.78 Å². The largest absolute Gasteiger partial charge is 0.331 e. The summed E-state index contributed by atoms with van der Waals surface area (Å²) in [4.78, 5) is 25.7. The molecule has 0 aliphatic carbocycles. The smallest absolute Gasteiger partial charge is 0.229 e. The normalized spacial score (nSPS) is 15.9. The summed E-state index contributed by atoms with van der Waals surface area (Å²) in [5.41, 5.74) is 4.07. The van der Waals surface area contributed by atoms with E-state index >= 15 is 0 Å². The van der Waals surface area contributed by atoms with Crippen molar-refractivity contribution < 1.29 is 4.79 Å². The van der Waals surface area contributed by atoms with Crippen LogP contribution < -0.4 is 0 Å². The Hall–Kier alpha value is -2.83. The van der Waals surface area contributed by atoms with Crippen molar-refractivity contribution in [2.24, 2.45) is 0 Å². The van der Waals surface area contributed by atoms with E-state index in [-0.39, 0.29) is 11.9 Å². The number of rotatable bonds is 4. The van der Waals surface area contributed by atoms with Gasteiger partial charge in [0.15, 0.2) is 0 Å². The van der Waals surface area contributed by atoms with E-state index in [0.717, 1.165) is 34.9 Å². The quantitative estimate of drug-likeness (QED) is 0.470. The molecule has 1 aromatic carbocycles. The summed E-state index contributed by atoms with van der Waals surface area (Å²) in [6, 6.07) is 18.2. The summed E-state index contributed by atoms with van der Waals surface area (Å²) in [7, 11) is 0. The van der Waals surface area contributed by atoms with Crippen LogP contribution in [0.1, 0.15) is 27.7 Å². The van der Waals surface area contributed by atoms with Crippen molar-refractivity contribution in [2.75, 3.05) is 6.54 Å². The summed E-state index contributed by atoms with van der Waals surface area (Å²) < 4.78 is 0. The first kappa shape index (κ1) is 18.2. The van der Waals surface area contributed by atoms with E-state index in [1.54, 1.807) is 17.5 Å². The number of nitrogens with zero attached hydrogens (tertiary/aromatic N) is 3. The number of carbonyl (C=O) groups excluding carboxylic acids is 1. The number of hydrogen-bond acceptors (Lipinski definition) is 5. The SMILES string of the molecule is O=C(Cc1csc(-c2ccccn2)n1)N1CCc2sccc2C1c1ccccc1. The number of amides is 1. The van der Waals surface area contributed by atoms with Gasteiger partial charge in [-0.15, -0.1) is 22.7 Å². The molecular weight excluding hydrogens is 398 g/mol. The molecule has 5 rings (SSSR count). The Morgan fingerprint density at radius 1 is 1.07 bits per heavy atom. The summed E-state index contributed by atoms with van der Waals surface area (Å²) in [5, 5.41) is 4.96. The van der Waals surface area contributed by atoms with Crippen molar-refractivity contribution in [2.45, 2.75) is 18.9 Å². The van der Waals surface area contributed by atoms with Crippen molar-refractivity contribution in [1.29, 1.82) is 0 Å². The van der Waals surface area contributed by atoms with Gasteiger partial charge in [-0.25, -0.2) is 4.98 Å². The van der Waals surface area contributed by atoms with Crippen LogP contribution in [0.25, 0.3) is 10.7 Å². The minimum Gasteiger partial charge on any atom is -0.331 e. The number of carbonyl (C=O) groups is 1. The Labute approximate surface area is 177 Å². The van der Waals surface area contributed by atoms with Gasteiger partial charge in [0.25, 0.3) is 0 Å². The molecule has 4 heterocycles. The maximum Gasteiger partial charge on any atom is 0.229 e. The van der Waals surface area contributed by atoms with Crippen LogP contribution in [-0.2, 0) is 17.6 Å². The lowest BCUT2D eigenvalue weighted by Gasteiger charge is -2.36. The maximum absolute atomic E-state index is 13.3. The molecule has 1 amide bonds. The van der Waals surface area contributed by atoms with Crippen LogP contribution in [0.4, 0.5) is 0 Å². The van der Waals surface area contributed by atoms with Gasteiger partial charge >= 0.3 is 0 Å². The maximum atomic E-state index is 13.3. The molecule has 0 saturated heterocycles. The van der Waals surface area contributed by atoms with E-state index in [4.69, 9.17) is 0 Å². The Bertz CT molecular complexity index is 1120. The first-order valence-electron chi connectivity index (χ1n) is 9.56. The number of benzene rings is 1. The van der Waals surface area contributed by atoms with E-state index < -0.39 is 0 Å². The Morgan fingerprint density at radius 3 is 2.76 bits per heavy atom. The fraction of sp³-hybridized carbons (Fsp3) is 0.174. The number of thiophene rings is 1. The molecule has 6 heteroatoms. The molecule has 1 aliphatic rings. The third kappa shape index (κ3) is 3.61. The summed E-state index contributed by atoms with van der Waals surface area (Å²) in [5.74, 6) is 0.119. The number of pyridine rings is 1. The van der Waals surface area contributed by atoms with E-state index in [9.17, 15) is 4.79 Å². The first-order valence-corrected chi connectivity index (χ1v) is 11.3. The van der Waals surface area contributed by atoms with Crippen molar-refractivity contribution in [1.82, 2.24) is 14.9 Å². The topological polar surface area (TPSA) is 46.1 Å². The summed E-state index contributed by atoms with van der Waals surface area (Å²) in [6.45, 7) is 0.739.